The molecule has 2 aromatic carbocycles. The highest BCUT2D eigenvalue weighted by Crippen LogP contribution is 2.41. The molecule has 0 saturated carbocycles. The van der Waals surface area contributed by atoms with Crippen LogP contribution in [0.25, 0.3) is 0 Å². The number of aliphatic carboxylic acids is 1. The molecule has 0 amide bonds. The lowest BCUT2D eigenvalue weighted by atomic mass is 10.2. The van der Waals surface area contributed by atoms with Crippen LogP contribution in [0.5, 0.6) is 17.2 Å². The van der Waals surface area contributed by atoms with Gasteiger partial charge in [-0.1, -0.05) is 29.3 Å². The minimum atomic E-state index is -1.27. The number of rotatable bonds is 6. The molecular formula is C15H11Cl2NO6. The van der Waals surface area contributed by atoms with Crippen LogP contribution in [0.15, 0.2) is 36.4 Å². The summed E-state index contributed by atoms with van der Waals surface area (Å²) in [4.78, 5) is 21.5. The Morgan fingerprint density at radius 1 is 1.21 bits per heavy atom. The summed E-state index contributed by atoms with van der Waals surface area (Å²) in [6.45, 7) is 1.26. The van der Waals surface area contributed by atoms with E-state index in [9.17, 15) is 14.9 Å². The summed E-state index contributed by atoms with van der Waals surface area (Å²) in [7, 11) is 0. The fraction of sp³-hybridized carbons (Fsp3) is 0.133. The Kier molecular flexibility index (Phi) is 5.48. The Balaban J connectivity index is 2.42. The second-order valence-electron chi connectivity index (χ2n) is 4.64. The Morgan fingerprint density at radius 3 is 2.46 bits per heavy atom. The summed E-state index contributed by atoms with van der Waals surface area (Å²) < 4.78 is 10.6. The number of carboxylic acid groups (broad SMARTS) is 1. The van der Waals surface area contributed by atoms with Gasteiger partial charge in [-0.2, -0.15) is 0 Å². The molecule has 0 spiro atoms. The number of carboxylic acids is 1. The van der Waals surface area contributed by atoms with Gasteiger partial charge in [-0.25, -0.2) is 4.79 Å². The van der Waals surface area contributed by atoms with Crippen LogP contribution >= 0.6 is 23.2 Å². The minimum absolute atomic E-state index is 0.140. The van der Waals surface area contributed by atoms with Gasteiger partial charge < -0.3 is 14.6 Å². The van der Waals surface area contributed by atoms with Crippen LogP contribution in [0.1, 0.15) is 6.92 Å². The van der Waals surface area contributed by atoms with Gasteiger partial charge in [0.25, 0.3) is 0 Å². The molecule has 0 aromatic heterocycles. The zero-order valence-electron chi connectivity index (χ0n) is 12.2. The smallest absolute Gasteiger partial charge is 0.352 e. The number of benzene rings is 2. The molecule has 0 saturated heterocycles. The Labute approximate surface area is 146 Å². The van der Waals surface area contributed by atoms with E-state index in [1.807, 2.05) is 0 Å². The van der Waals surface area contributed by atoms with Crippen molar-refractivity contribution in [2.24, 2.45) is 0 Å². The molecule has 7 nitrogen and oxygen atoms in total. The Hall–Kier alpha value is -2.51. The largest absolute Gasteiger partial charge is 0.479 e. The normalized spacial score (nSPS) is 11.6. The molecule has 0 aliphatic carbocycles. The van der Waals surface area contributed by atoms with Crippen LogP contribution in [0.3, 0.4) is 0 Å². The summed E-state index contributed by atoms with van der Waals surface area (Å²) in [6, 6.07) is 8.48. The van der Waals surface area contributed by atoms with Gasteiger partial charge in [-0.05, 0) is 37.3 Å². The fourth-order valence-corrected chi connectivity index (χ4v) is 2.22. The highest BCUT2D eigenvalue weighted by molar-refractivity contribution is 6.35. The lowest BCUT2D eigenvalue weighted by molar-refractivity contribution is -0.386. The maximum Gasteiger partial charge on any atom is 0.352 e. The van der Waals surface area contributed by atoms with Crippen molar-refractivity contribution in [3.63, 3.8) is 0 Å². The fourth-order valence-electron chi connectivity index (χ4n) is 1.78. The maximum atomic E-state index is 11.4. The van der Waals surface area contributed by atoms with Gasteiger partial charge in [0.2, 0.25) is 11.5 Å². The average Bonchev–Trinajstić information content (AvgIpc) is 2.49. The van der Waals surface area contributed by atoms with E-state index in [1.165, 1.54) is 43.3 Å². The first kappa shape index (κ1) is 17.8. The van der Waals surface area contributed by atoms with Crippen molar-refractivity contribution in [3.8, 4) is 17.2 Å². The third-order valence-electron chi connectivity index (χ3n) is 2.91. The first-order valence-corrected chi connectivity index (χ1v) is 7.35. The van der Waals surface area contributed by atoms with Crippen LogP contribution < -0.4 is 9.47 Å². The topological polar surface area (TPSA) is 98.9 Å². The predicted octanol–water partition coefficient (Wildman–Crippen LogP) is 4.55. The molecule has 9 heteroatoms. The summed E-state index contributed by atoms with van der Waals surface area (Å²) in [6.07, 6.45) is -1.27. The molecule has 24 heavy (non-hydrogen) atoms. The zero-order valence-corrected chi connectivity index (χ0v) is 13.7. The number of nitro groups is 1. The molecule has 1 N–H and O–H groups in total. The molecule has 1 atom stereocenters. The zero-order chi connectivity index (χ0) is 17.9. The SMILES string of the molecule is CC(Oc1cccc(Oc2ccc(Cl)cc2Cl)c1[N+](=O)[O-])C(=O)O. The molecule has 1 unspecified atom stereocenters. The van der Waals surface area contributed by atoms with Crippen molar-refractivity contribution < 1.29 is 24.3 Å². The average molecular weight is 372 g/mol. The Bertz CT molecular complexity index is 796. The van der Waals surface area contributed by atoms with E-state index in [2.05, 4.69) is 0 Å². The number of nitrogens with zero attached hydrogens (tertiary/aromatic N) is 1. The van der Waals surface area contributed by atoms with Crippen LogP contribution in [-0.2, 0) is 4.79 Å². The first-order chi connectivity index (χ1) is 11.3. The number of nitro benzene ring substituents is 1. The quantitative estimate of drug-likeness (QED) is 0.590. The number of ether oxygens (including phenoxy) is 2. The third kappa shape index (κ3) is 4.06. The van der Waals surface area contributed by atoms with E-state index >= 15 is 0 Å². The summed E-state index contributed by atoms with van der Waals surface area (Å²) in [5.41, 5.74) is -0.503. The van der Waals surface area contributed by atoms with Crippen LogP contribution in [0.4, 0.5) is 5.69 Å². The second kappa shape index (κ2) is 7.37. The monoisotopic (exact) mass is 371 g/mol. The highest BCUT2D eigenvalue weighted by atomic mass is 35.5. The molecule has 126 valence electrons. The molecule has 0 fully saturated rings. The third-order valence-corrected chi connectivity index (χ3v) is 3.44. The van der Waals surface area contributed by atoms with Crippen LogP contribution in [0, 0.1) is 10.1 Å². The van der Waals surface area contributed by atoms with E-state index in [0.717, 1.165) is 0 Å². The minimum Gasteiger partial charge on any atom is -0.479 e. The number of hydrogen-bond acceptors (Lipinski definition) is 5. The number of carbonyl (C=O) groups is 1. The van der Waals surface area contributed by atoms with Gasteiger partial charge in [0, 0.05) is 5.02 Å². The lowest BCUT2D eigenvalue weighted by Crippen LogP contribution is -2.23. The highest BCUT2D eigenvalue weighted by Gasteiger charge is 2.26. The molecular weight excluding hydrogens is 361 g/mol. The molecule has 0 heterocycles. The van der Waals surface area contributed by atoms with Crippen molar-refractivity contribution in [3.05, 3.63) is 56.6 Å². The van der Waals surface area contributed by atoms with Crippen molar-refractivity contribution in [2.45, 2.75) is 13.0 Å². The second-order valence-corrected chi connectivity index (χ2v) is 5.48. The number of hydrogen-bond donors (Lipinski definition) is 1. The Morgan fingerprint density at radius 2 is 1.88 bits per heavy atom. The van der Waals surface area contributed by atoms with Gasteiger partial charge in [0.05, 0.1) is 9.95 Å². The number of halogens is 2. The molecule has 2 rings (SSSR count). The van der Waals surface area contributed by atoms with Gasteiger partial charge >= 0.3 is 11.7 Å². The summed E-state index contributed by atoms with van der Waals surface area (Å²) >= 11 is 11.8. The molecule has 0 aliphatic rings. The molecule has 2 aromatic rings. The van der Waals surface area contributed by atoms with E-state index in [4.69, 9.17) is 37.8 Å². The van der Waals surface area contributed by atoms with E-state index in [0.29, 0.717) is 5.02 Å². The van der Waals surface area contributed by atoms with Gasteiger partial charge in [-0.15, -0.1) is 0 Å². The number of para-hydroxylation sites is 1. The summed E-state index contributed by atoms with van der Waals surface area (Å²) in [5, 5.41) is 20.8. The lowest BCUT2D eigenvalue weighted by Gasteiger charge is -2.13. The molecule has 0 aliphatic heterocycles. The van der Waals surface area contributed by atoms with Gasteiger partial charge in [0.15, 0.2) is 6.10 Å². The van der Waals surface area contributed by atoms with E-state index in [-0.39, 0.29) is 22.3 Å². The van der Waals surface area contributed by atoms with Gasteiger partial charge in [0.1, 0.15) is 5.75 Å². The maximum absolute atomic E-state index is 11.4. The van der Waals surface area contributed by atoms with Crippen LogP contribution in [-0.4, -0.2) is 22.1 Å². The van der Waals surface area contributed by atoms with E-state index < -0.39 is 22.7 Å². The molecule has 0 bridgehead atoms. The van der Waals surface area contributed by atoms with Crippen molar-refractivity contribution in [1.29, 1.82) is 0 Å². The van der Waals surface area contributed by atoms with Crippen molar-refractivity contribution >= 4 is 34.9 Å². The predicted molar refractivity (Wildman–Crippen MR) is 87.4 cm³/mol. The molecule has 0 radical (unpaired) electrons. The van der Waals surface area contributed by atoms with Crippen LogP contribution in [0.2, 0.25) is 10.0 Å². The standard InChI is InChI=1S/C15H11Cl2NO6/c1-8(15(19)20)23-12-3-2-4-13(14(12)18(21)22)24-11-6-5-9(16)7-10(11)17/h2-8H,1H3,(H,19,20). The first-order valence-electron chi connectivity index (χ1n) is 6.59. The van der Waals surface area contributed by atoms with E-state index in [1.54, 1.807) is 0 Å². The van der Waals surface area contributed by atoms with Gasteiger partial charge in [-0.3, -0.25) is 10.1 Å². The van der Waals surface area contributed by atoms with Crippen molar-refractivity contribution in [2.75, 3.05) is 0 Å². The summed E-state index contributed by atoms with van der Waals surface area (Å²) in [5.74, 6) is -1.46. The van der Waals surface area contributed by atoms with Crippen molar-refractivity contribution in [1.82, 2.24) is 0 Å².